The zero-order valence-electron chi connectivity index (χ0n) is 12.0. The van der Waals surface area contributed by atoms with Crippen molar-refractivity contribution in [3.8, 4) is 11.5 Å². The normalized spacial score (nSPS) is 11.0. The first kappa shape index (κ1) is 17.2. The Morgan fingerprint density at radius 3 is 2.42 bits per heavy atom. The van der Waals surface area contributed by atoms with E-state index in [1.54, 1.807) is 0 Å². The third-order valence-electron chi connectivity index (χ3n) is 2.85. The molecular formula is C14H9F3N2O5. The number of carbonyl (C=O) groups excluding carboxylic acids is 1. The van der Waals surface area contributed by atoms with E-state index in [-0.39, 0.29) is 22.7 Å². The minimum absolute atomic E-state index is 0.0498. The number of ether oxygens (including phenoxy) is 2. The van der Waals surface area contributed by atoms with E-state index < -0.39 is 22.8 Å². The molecule has 0 saturated heterocycles. The monoisotopic (exact) mass is 342 g/mol. The average Bonchev–Trinajstić information content (AvgIpc) is 2.54. The fraction of sp³-hybridized carbons (Fsp3) is 0.143. The fourth-order valence-corrected chi connectivity index (χ4v) is 1.70. The van der Waals surface area contributed by atoms with Crippen molar-refractivity contribution in [3.63, 3.8) is 0 Å². The summed E-state index contributed by atoms with van der Waals surface area (Å²) in [5.41, 5.74) is -1.76. The molecule has 0 amide bonds. The molecule has 1 heterocycles. The lowest BCUT2D eigenvalue weighted by molar-refractivity contribution is -0.384. The van der Waals surface area contributed by atoms with Crippen LogP contribution < -0.4 is 9.47 Å². The van der Waals surface area contributed by atoms with Gasteiger partial charge in [-0.3, -0.25) is 15.1 Å². The van der Waals surface area contributed by atoms with Gasteiger partial charge >= 0.3 is 12.1 Å². The first-order valence-corrected chi connectivity index (χ1v) is 6.30. The van der Waals surface area contributed by atoms with Crippen LogP contribution in [0, 0.1) is 10.1 Å². The lowest BCUT2D eigenvalue weighted by Crippen LogP contribution is -2.12. The van der Waals surface area contributed by atoms with Gasteiger partial charge in [0.1, 0.15) is 5.69 Å². The summed E-state index contributed by atoms with van der Waals surface area (Å²) in [7, 11) is 1.26. The van der Waals surface area contributed by atoms with Gasteiger partial charge < -0.3 is 9.47 Å². The van der Waals surface area contributed by atoms with Gasteiger partial charge in [-0.2, -0.15) is 13.2 Å². The second kappa shape index (κ2) is 6.52. The maximum absolute atomic E-state index is 12.4. The Labute approximate surface area is 132 Å². The number of nitro groups is 1. The molecular weight excluding hydrogens is 333 g/mol. The van der Waals surface area contributed by atoms with Crippen molar-refractivity contribution < 1.29 is 32.4 Å². The number of benzene rings is 1. The van der Waals surface area contributed by atoms with Gasteiger partial charge in [0.05, 0.1) is 23.7 Å². The molecule has 0 aliphatic carbocycles. The molecule has 0 bridgehead atoms. The van der Waals surface area contributed by atoms with Crippen LogP contribution in [0.3, 0.4) is 0 Å². The zero-order chi connectivity index (χ0) is 17.9. The number of alkyl halides is 3. The molecule has 0 saturated carbocycles. The number of pyridine rings is 1. The lowest BCUT2D eigenvalue weighted by atomic mass is 10.2. The maximum Gasteiger partial charge on any atom is 0.433 e. The third-order valence-corrected chi connectivity index (χ3v) is 2.85. The summed E-state index contributed by atoms with van der Waals surface area (Å²) in [5.74, 6) is -1.22. The summed E-state index contributed by atoms with van der Waals surface area (Å²) < 4.78 is 47.1. The SMILES string of the molecule is COc1ccc([N+](=O)[O-])cc1OC(=O)c1ccc(C(F)(F)F)nc1. The van der Waals surface area contributed by atoms with Crippen LogP contribution in [0.25, 0.3) is 0 Å². The number of methoxy groups -OCH3 is 1. The number of halogens is 3. The molecule has 1 aromatic carbocycles. The summed E-state index contributed by atoms with van der Waals surface area (Å²) in [4.78, 5) is 25.1. The molecule has 7 nitrogen and oxygen atoms in total. The van der Waals surface area contributed by atoms with Gasteiger partial charge in [0.15, 0.2) is 11.5 Å². The smallest absolute Gasteiger partial charge is 0.433 e. The molecule has 0 unspecified atom stereocenters. The fourth-order valence-electron chi connectivity index (χ4n) is 1.70. The number of carbonyl (C=O) groups is 1. The van der Waals surface area contributed by atoms with Crippen molar-refractivity contribution in [2.45, 2.75) is 6.18 Å². The highest BCUT2D eigenvalue weighted by Crippen LogP contribution is 2.32. The summed E-state index contributed by atoms with van der Waals surface area (Å²) in [6.45, 7) is 0. The highest BCUT2D eigenvalue weighted by Gasteiger charge is 2.32. The number of esters is 1. The van der Waals surface area contributed by atoms with Crippen molar-refractivity contribution in [2.24, 2.45) is 0 Å². The van der Waals surface area contributed by atoms with Gasteiger partial charge in [-0.1, -0.05) is 0 Å². The first-order chi connectivity index (χ1) is 11.2. The summed E-state index contributed by atoms with van der Waals surface area (Å²) in [6, 6.07) is 4.86. The Morgan fingerprint density at radius 1 is 1.21 bits per heavy atom. The van der Waals surface area contributed by atoms with Gasteiger partial charge in [0.25, 0.3) is 5.69 Å². The molecule has 0 aliphatic rings. The molecule has 24 heavy (non-hydrogen) atoms. The standard InChI is InChI=1S/C14H9F3N2O5/c1-23-10-4-3-9(19(21)22)6-11(10)24-13(20)8-2-5-12(18-7-8)14(15,16)17/h2-7H,1H3. The molecule has 2 rings (SSSR count). The Hall–Kier alpha value is -3.17. The Balaban J connectivity index is 2.26. The molecule has 0 aliphatic heterocycles. The molecule has 0 atom stereocenters. The van der Waals surface area contributed by atoms with Crippen LogP contribution in [-0.4, -0.2) is 23.0 Å². The second-order valence-electron chi connectivity index (χ2n) is 4.41. The van der Waals surface area contributed by atoms with Gasteiger partial charge in [-0.15, -0.1) is 0 Å². The Kier molecular flexibility index (Phi) is 4.67. The molecule has 0 spiro atoms. The average molecular weight is 342 g/mol. The Bertz CT molecular complexity index is 775. The third kappa shape index (κ3) is 3.77. The molecule has 2 aromatic rings. The number of nitrogens with zero attached hydrogens (tertiary/aromatic N) is 2. The van der Waals surface area contributed by atoms with Crippen molar-refractivity contribution in [1.29, 1.82) is 0 Å². The predicted octanol–water partition coefficient (Wildman–Crippen LogP) is 3.24. The number of non-ortho nitro benzene ring substituents is 1. The predicted molar refractivity (Wildman–Crippen MR) is 73.8 cm³/mol. The summed E-state index contributed by atoms with van der Waals surface area (Å²) in [5, 5.41) is 10.7. The van der Waals surface area contributed by atoms with Crippen LogP contribution in [0.4, 0.5) is 18.9 Å². The van der Waals surface area contributed by atoms with E-state index in [0.29, 0.717) is 12.3 Å². The molecule has 0 N–H and O–H groups in total. The van der Waals surface area contributed by atoms with E-state index in [0.717, 1.165) is 18.2 Å². The highest BCUT2D eigenvalue weighted by atomic mass is 19.4. The van der Waals surface area contributed by atoms with E-state index in [1.165, 1.54) is 13.2 Å². The van der Waals surface area contributed by atoms with Gasteiger partial charge in [-0.05, 0) is 18.2 Å². The van der Waals surface area contributed by atoms with E-state index in [2.05, 4.69) is 4.98 Å². The van der Waals surface area contributed by atoms with Crippen molar-refractivity contribution >= 4 is 11.7 Å². The van der Waals surface area contributed by atoms with Crippen molar-refractivity contribution in [3.05, 3.63) is 57.9 Å². The van der Waals surface area contributed by atoms with Crippen LogP contribution in [0.5, 0.6) is 11.5 Å². The minimum Gasteiger partial charge on any atom is -0.493 e. The summed E-state index contributed by atoms with van der Waals surface area (Å²) >= 11 is 0. The van der Waals surface area contributed by atoms with E-state index >= 15 is 0 Å². The highest BCUT2D eigenvalue weighted by molar-refractivity contribution is 5.91. The van der Waals surface area contributed by atoms with Crippen LogP contribution in [-0.2, 0) is 6.18 Å². The molecule has 126 valence electrons. The van der Waals surface area contributed by atoms with Crippen molar-refractivity contribution in [1.82, 2.24) is 4.98 Å². The van der Waals surface area contributed by atoms with Crippen molar-refractivity contribution in [2.75, 3.05) is 7.11 Å². The number of hydrogen-bond acceptors (Lipinski definition) is 6. The number of aromatic nitrogens is 1. The zero-order valence-corrected chi connectivity index (χ0v) is 12.0. The van der Waals surface area contributed by atoms with E-state index in [1.807, 2.05) is 0 Å². The second-order valence-corrected chi connectivity index (χ2v) is 4.41. The van der Waals surface area contributed by atoms with Crippen LogP contribution in [0.1, 0.15) is 16.1 Å². The molecule has 10 heteroatoms. The van der Waals surface area contributed by atoms with E-state index in [9.17, 15) is 28.1 Å². The Morgan fingerprint density at radius 2 is 1.92 bits per heavy atom. The summed E-state index contributed by atoms with van der Waals surface area (Å²) in [6.07, 6.45) is -3.93. The van der Waals surface area contributed by atoms with Crippen LogP contribution in [0.15, 0.2) is 36.5 Å². The van der Waals surface area contributed by atoms with Gasteiger partial charge in [0, 0.05) is 12.3 Å². The molecule has 1 aromatic heterocycles. The largest absolute Gasteiger partial charge is 0.493 e. The number of hydrogen-bond donors (Lipinski definition) is 0. The lowest BCUT2D eigenvalue weighted by Gasteiger charge is -2.09. The van der Waals surface area contributed by atoms with Gasteiger partial charge in [-0.25, -0.2) is 4.79 Å². The van der Waals surface area contributed by atoms with Crippen LogP contribution >= 0.6 is 0 Å². The maximum atomic E-state index is 12.4. The molecule has 0 fully saturated rings. The first-order valence-electron chi connectivity index (χ1n) is 6.30. The number of nitro benzene ring substituents is 1. The molecule has 0 radical (unpaired) electrons. The quantitative estimate of drug-likeness (QED) is 0.367. The topological polar surface area (TPSA) is 91.6 Å². The number of rotatable bonds is 4. The van der Waals surface area contributed by atoms with Crippen LogP contribution in [0.2, 0.25) is 0 Å². The minimum atomic E-state index is -4.63. The van der Waals surface area contributed by atoms with Gasteiger partial charge in [0.2, 0.25) is 0 Å². The van der Waals surface area contributed by atoms with E-state index in [4.69, 9.17) is 9.47 Å².